The third-order valence-corrected chi connectivity index (χ3v) is 3.58. The van der Waals surface area contributed by atoms with Crippen LogP contribution in [0.3, 0.4) is 0 Å². The van der Waals surface area contributed by atoms with Gasteiger partial charge in [-0.3, -0.25) is 0 Å². The highest BCUT2D eigenvalue weighted by molar-refractivity contribution is 5.80. The van der Waals surface area contributed by atoms with Gasteiger partial charge in [0.25, 0.3) is 0 Å². The van der Waals surface area contributed by atoms with Crippen LogP contribution in [0.4, 0.5) is 17.2 Å². The Bertz CT molecular complexity index is 583. The van der Waals surface area contributed by atoms with E-state index >= 15 is 0 Å². The van der Waals surface area contributed by atoms with Gasteiger partial charge >= 0.3 is 0 Å². The molecule has 0 fully saturated rings. The normalized spacial score (nSPS) is 15.3. The topological polar surface area (TPSA) is 32.3 Å². The van der Waals surface area contributed by atoms with Crippen LogP contribution in [0.2, 0.25) is 0 Å². The summed E-state index contributed by atoms with van der Waals surface area (Å²) in [4.78, 5) is 13.0. The van der Waals surface area contributed by atoms with E-state index in [2.05, 4.69) is 64.9 Å². The van der Waals surface area contributed by atoms with Gasteiger partial charge in [0.2, 0.25) is 0 Å². The number of para-hydroxylation sites is 1. The average molecular weight is 300 g/mol. The highest BCUT2D eigenvalue weighted by Gasteiger charge is 2.33. The molecule has 0 amide bonds. The second-order valence-electron chi connectivity index (χ2n) is 4.63. The Labute approximate surface area is 134 Å². The lowest BCUT2D eigenvalue weighted by Crippen LogP contribution is -2.36. The van der Waals surface area contributed by atoms with E-state index in [1.807, 2.05) is 33.9 Å². The van der Waals surface area contributed by atoms with Crippen molar-refractivity contribution in [2.24, 2.45) is 0 Å². The first-order valence-electron chi connectivity index (χ1n) is 8.08. The number of anilines is 3. The number of nitrogens with zero attached hydrogens (tertiary/aromatic N) is 4. The van der Waals surface area contributed by atoms with E-state index in [4.69, 9.17) is 0 Å². The van der Waals surface area contributed by atoms with Crippen LogP contribution in [0.5, 0.6) is 0 Å². The molecule has 2 heterocycles. The van der Waals surface area contributed by atoms with Crippen LogP contribution in [0.25, 0.3) is 0 Å². The van der Waals surface area contributed by atoms with Crippen molar-refractivity contribution < 1.29 is 0 Å². The van der Waals surface area contributed by atoms with Gasteiger partial charge in [-0.2, -0.15) is 0 Å². The summed E-state index contributed by atoms with van der Waals surface area (Å²) in [5.74, 6) is 0.987. The first-order chi connectivity index (χ1) is 10.7. The zero-order valence-corrected chi connectivity index (χ0v) is 14.8. The van der Waals surface area contributed by atoms with Crippen LogP contribution in [0, 0.1) is 6.92 Å². The lowest BCUT2D eigenvalue weighted by molar-refractivity contribution is 0.728. The molecule has 4 nitrogen and oxygen atoms in total. The molecule has 0 N–H and O–H groups in total. The smallest absolute Gasteiger partial charge is 0.157 e. The van der Waals surface area contributed by atoms with Crippen LogP contribution < -0.4 is 9.80 Å². The molecule has 0 spiro atoms. The summed E-state index contributed by atoms with van der Waals surface area (Å²) in [5, 5.41) is 0. The van der Waals surface area contributed by atoms with E-state index in [1.165, 1.54) is 11.3 Å². The van der Waals surface area contributed by atoms with E-state index < -0.39 is 0 Å². The largest absolute Gasteiger partial charge is 0.337 e. The van der Waals surface area contributed by atoms with E-state index in [0.29, 0.717) is 0 Å². The van der Waals surface area contributed by atoms with Gasteiger partial charge in [0.05, 0.1) is 6.20 Å². The van der Waals surface area contributed by atoms with Crippen LogP contribution in [-0.2, 0) is 0 Å². The lowest BCUT2D eigenvalue weighted by Gasteiger charge is -2.28. The summed E-state index contributed by atoms with van der Waals surface area (Å²) in [5.41, 5.74) is 3.54. The molecular formula is C18H28N4. The molecular weight excluding hydrogens is 272 g/mol. The maximum atomic E-state index is 4.37. The van der Waals surface area contributed by atoms with Crippen molar-refractivity contribution in [1.29, 1.82) is 0 Å². The number of aryl methyl sites for hydroxylation is 1. The monoisotopic (exact) mass is 300 g/mol. The fourth-order valence-electron chi connectivity index (χ4n) is 2.47. The molecule has 120 valence electrons. The van der Waals surface area contributed by atoms with Crippen molar-refractivity contribution in [2.75, 3.05) is 16.8 Å². The van der Waals surface area contributed by atoms with Gasteiger partial charge < -0.3 is 9.80 Å². The molecule has 0 saturated heterocycles. The molecule has 0 radical (unpaired) electrons. The van der Waals surface area contributed by atoms with Crippen molar-refractivity contribution in [3.8, 4) is 0 Å². The zero-order chi connectivity index (χ0) is 16.7. The minimum absolute atomic E-state index is 0.248. The maximum absolute atomic E-state index is 4.37. The Kier molecular flexibility index (Phi) is 6.83. The van der Waals surface area contributed by atoms with E-state index in [1.54, 1.807) is 6.33 Å². The average Bonchev–Trinajstić information content (AvgIpc) is 2.84. The Morgan fingerprint density at radius 2 is 1.64 bits per heavy atom. The van der Waals surface area contributed by atoms with Gasteiger partial charge in [0, 0.05) is 12.7 Å². The quantitative estimate of drug-likeness (QED) is 0.759. The predicted molar refractivity (Wildman–Crippen MR) is 95.9 cm³/mol. The maximum Gasteiger partial charge on any atom is 0.157 e. The zero-order valence-electron chi connectivity index (χ0n) is 14.8. The molecule has 2 aromatic rings. The summed E-state index contributed by atoms with van der Waals surface area (Å²) in [7, 11) is 2.06. The van der Waals surface area contributed by atoms with Gasteiger partial charge in [-0.1, -0.05) is 45.9 Å². The number of benzene rings is 1. The van der Waals surface area contributed by atoms with Crippen LogP contribution in [0.1, 0.15) is 40.2 Å². The number of hydrogen-bond donors (Lipinski definition) is 0. The molecule has 1 aromatic heterocycles. The van der Waals surface area contributed by atoms with Crippen molar-refractivity contribution in [3.63, 3.8) is 0 Å². The van der Waals surface area contributed by atoms with Gasteiger partial charge in [-0.05, 0) is 25.5 Å². The predicted octanol–water partition coefficient (Wildman–Crippen LogP) is 4.77. The molecule has 1 atom stereocenters. The molecule has 4 heteroatoms. The first-order valence-corrected chi connectivity index (χ1v) is 8.08. The van der Waals surface area contributed by atoms with Crippen molar-refractivity contribution >= 4 is 17.2 Å². The van der Waals surface area contributed by atoms with Gasteiger partial charge in [0.15, 0.2) is 5.82 Å². The standard InChI is InChI=1S/C14H16N4.2C2H6/c1-10-6-4-5-7-12(10)18-11(2)17(3)14-13(18)8-15-9-16-14;2*1-2/h4-9,11H,1-3H3;2*1-2H3/t11-;;/m0../s1. The molecule has 0 aliphatic carbocycles. The van der Waals surface area contributed by atoms with Gasteiger partial charge in [-0.25, -0.2) is 9.97 Å². The Hall–Kier alpha value is -2.10. The minimum Gasteiger partial charge on any atom is -0.337 e. The Morgan fingerprint density at radius 1 is 1.00 bits per heavy atom. The Morgan fingerprint density at radius 3 is 2.27 bits per heavy atom. The highest BCUT2D eigenvalue weighted by atomic mass is 15.4. The third kappa shape index (κ3) is 3.21. The summed E-state index contributed by atoms with van der Waals surface area (Å²) in [6, 6.07) is 8.40. The van der Waals surface area contributed by atoms with Crippen LogP contribution >= 0.6 is 0 Å². The summed E-state index contributed by atoms with van der Waals surface area (Å²) < 4.78 is 0. The number of fused-ring (bicyclic) bond motifs is 1. The molecule has 1 aliphatic heterocycles. The fraction of sp³-hybridized carbons (Fsp3) is 0.444. The lowest BCUT2D eigenvalue weighted by atomic mass is 10.1. The van der Waals surface area contributed by atoms with Crippen molar-refractivity contribution in [3.05, 3.63) is 42.4 Å². The second-order valence-corrected chi connectivity index (χ2v) is 4.63. The molecule has 1 aromatic carbocycles. The molecule has 0 unspecified atom stereocenters. The minimum atomic E-state index is 0.248. The second kappa shape index (κ2) is 8.37. The molecule has 22 heavy (non-hydrogen) atoms. The van der Waals surface area contributed by atoms with E-state index in [9.17, 15) is 0 Å². The number of rotatable bonds is 1. The van der Waals surface area contributed by atoms with E-state index in [0.717, 1.165) is 11.5 Å². The van der Waals surface area contributed by atoms with Gasteiger partial charge in [0.1, 0.15) is 18.2 Å². The molecule has 3 rings (SSSR count). The van der Waals surface area contributed by atoms with Gasteiger partial charge in [-0.15, -0.1) is 0 Å². The summed E-state index contributed by atoms with van der Waals surface area (Å²) in [6.07, 6.45) is 3.73. The number of hydrogen-bond acceptors (Lipinski definition) is 4. The van der Waals surface area contributed by atoms with Crippen LogP contribution in [-0.4, -0.2) is 23.2 Å². The first kappa shape index (κ1) is 18.0. The van der Waals surface area contributed by atoms with Crippen molar-refractivity contribution in [2.45, 2.75) is 47.7 Å². The van der Waals surface area contributed by atoms with Crippen molar-refractivity contribution in [1.82, 2.24) is 9.97 Å². The molecule has 0 bridgehead atoms. The summed E-state index contributed by atoms with van der Waals surface area (Å²) in [6.45, 7) is 12.3. The van der Waals surface area contributed by atoms with E-state index in [-0.39, 0.29) is 6.17 Å². The third-order valence-electron chi connectivity index (χ3n) is 3.58. The summed E-state index contributed by atoms with van der Waals surface area (Å²) >= 11 is 0. The SMILES string of the molecule is CC.CC.Cc1ccccc1N1c2cncnc2N(C)[C@@H]1C. The molecule has 1 aliphatic rings. The fourth-order valence-corrected chi connectivity index (χ4v) is 2.47. The molecule has 0 saturated carbocycles. The van der Waals surface area contributed by atoms with Crippen LogP contribution in [0.15, 0.2) is 36.8 Å². The number of aromatic nitrogens is 2. The Balaban J connectivity index is 0.000000561. The highest BCUT2D eigenvalue weighted by Crippen LogP contribution is 2.41.